The molecular weight excluding hydrogens is 224 g/mol. The molecule has 1 N–H and O–H groups in total. The maximum absolute atomic E-state index is 12.5. The topological polar surface area (TPSA) is 34.0 Å². The van der Waals surface area contributed by atoms with Crippen LogP contribution in [0.25, 0.3) is 10.9 Å². The van der Waals surface area contributed by atoms with Crippen molar-refractivity contribution in [1.29, 1.82) is 0 Å². The number of ketones is 1. The summed E-state index contributed by atoms with van der Waals surface area (Å²) in [6.45, 7) is 6.75. The molecule has 0 aliphatic rings. The molecule has 1 aromatic heterocycles. The maximum atomic E-state index is 12.5. The van der Waals surface area contributed by atoms with E-state index >= 15 is 0 Å². The Balaban J connectivity index is 2.57. The Bertz CT molecular complexity index is 583. The average molecular weight is 244 g/mol. The summed E-state index contributed by atoms with van der Waals surface area (Å²) in [7, 11) is 2.01. The number of fused-ring (bicyclic) bond motifs is 1. The minimum Gasteiger partial charge on any atom is -0.347 e. The number of nitrogens with one attached hydrogen (secondary N) is 1. The van der Waals surface area contributed by atoms with Crippen LogP contribution in [0.1, 0.15) is 29.9 Å². The molecule has 0 aliphatic heterocycles. The van der Waals surface area contributed by atoms with Gasteiger partial charge in [0, 0.05) is 29.2 Å². The van der Waals surface area contributed by atoms with Gasteiger partial charge >= 0.3 is 0 Å². The molecule has 0 radical (unpaired) electrons. The zero-order chi connectivity index (χ0) is 13.3. The monoisotopic (exact) mass is 244 g/mol. The maximum Gasteiger partial charge on any atom is 0.181 e. The number of hydrogen-bond acceptors (Lipinski definition) is 2. The molecule has 0 bridgehead atoms. The van der Waals surface area contributed by atoms with E-state index < -0.39 is 0 Å². The summed E-state index contributed by atoms with van der Waals surface area (Å²) >= 11 is 0. The molecule has 96 valence electrons. The third kappa shape index (κ3) is 1.95. The summed E-state index contributed by atoms with van der Waals surface area (Å²) in [6, 6.07) is 7.92. The van der Waals surface area contributed by atoms with Crippen LogP contribution in [0.3, 0.4) is 0 Å². The highest BCUT2D eigenvalue weighted by molar-refractivity contribution is 6.11. The van der Waals surface area contributed by atoms with Gasteiger partial charge in [-0.15, -0.1) is 0 Å². The standard InChI is InChI=1S/C15H20N2O/c1-5-16-10(2)15(18)14-11(3)17(4)13-9-7-6-8-12(13)14/h6-10,16H,5H2,1-4H3. The average Bonchev–Trinajstić information content (AvgIpc) is 2.62. The molecule has 0 spiro atoms. The molecule has 0 saturated heterocycles. The molecule has 3 nitrogen and oxygen atoms in total. The van der Waals surface area contributed by atoms with Crippen molar-refractivity contribution in [3.8, 4) is 0 Å². The van der Waals surface area contributed by atoms with Gasteiger partial charge in [-0.3, -0.25) is 4.79 Å². The molecule has 1 unspecified atom stereocenters. The summed E-state index contributed by atoms with van der Waals surface area (Å²) in [5, 5.41) is 4.23. The first-order valence-corrected chi connectivity index (χ1v) is 6.39. The number of benzene rings is 1. The van der Waals surface area contributed by atoms with Gasteiger partial charge in [0.2, 0.25) is 0 Å². The lowest BCUT2D eigenvalue weighted by Crippen LogP contribution is -2.34. The van der Waals surface area contributed by atoms with Crippen molar-refractivity contribution >= 4 is 16.7 Å². The van der Waals surface area contributed by atoms with Crippen LogP contribution in [0.2, 0.25) is 0 Å². The van der Waals surface area contributed by atoms with Crippen LogP contribution in [0.4, 0.5) is 0 Å². The highest BCUT2D eigenvalue weighted by Crippen LogP contribution is 2.25. The van der Waals surface area contributed by atoms with E-state index in [0.29, 0.717) is 0 Å². The van der Waals surface area contributed by atoms with Crippen LogP contribution in [0, 0.1) is 6.92 Å². The Morgan fingerprint density at radius 2 is 2.06 bits per heavy atom. The van der Waals surface area contributed by atoms with Gasteiger partial charge in [-0.2, -0.15) is 0 Å². The second kappa shape index (κ2) is 4.94. The van der Waals surface area contributed by atoms with Crippen LogP contribution in [-0.2, 0) is 7.05 Å². The normalized spacial score (nSPS) is 12.9. The lowest BCUT2D eigenvalue weighted by molar-refractivity contribution is 0.0953. The molecule has 2 rings (SSSR count). The summed E-state index contributed by atoms with van der Waals surface area (Å²) < 4.78 is 2.08. The smallest absolute Gasteiger partial charge is 0.181 e. The largest absolute Gasteiger partial charge is 0.347 e. The molecule has 1 heterocycles. The summed E-state index contributed by atoms with van der Waals surface area (Å²) in [5.74, 6) is 0.172. The van der Waals surface area contributed by atoms with Gasteiger partial charge in [0.15, 0.2) is 5.78 Å². The molecular formula is C15H20N2O. The van der Waals surface area contributed by atoms with Crippen LogP contribution < -0.4 is 5.32 Å². The van der Waals surface area contributed by atoms with Gasteiger partial charge in [-0.25, -0.2) is 0 Å². The Morgan fingerprint density at radius 1 is 1.39 bits per heavy atom. The molecule has 3 heteroatoms. The van der Waals surface area contributed by atoms with Gasteiger partial charge in [-0.05, 0) is 26.5 Å². The van der Waals surface area contributed by atoms with Crippen molar-refractivity contribution in [3.05, 3.63) is 35.5 Å². The quantitative estimate of drug-likeness (QED) is 0.839. The van der Waals surface area contributed by atoms with Gasteiger partial charge in [0.1, 0.15) is 0 Å². The van der Waals surface area contributed by atoms with Gasteiger partial charge < -0.3 is 9.88 Å². The van der Waals surface area contributed by atoms with Crippen molar-refractivity contribution < 1.29 is 4.79 Å². The minimum absolute atomic E-state index is 0.139. The van der Waals surface area contributed by atoms with Crippen LogP contribution in [0.5, 0.6) is 0 Å². The molecule has 0 amide bonds. The number of carbonyl (C=O) groups excluding carboxylic acids is 1. The highest BCUT2D eigenvalue weighted by atomic mass is 16.1. The zero-order valence-corrected chi connectivity index (χ0v) is 11.4. The second-order valence-corrected chi connectivity index (χ2v) is 4.68. The van der Waals surface area contributed by atoms with E-state index in [1.807, 2.05) is 46.0 Å². The Labute approximate surface area is 108 Å². The molecule has 0 saturated carbocycles. The van der Waals surface area contributed by atoms with Crippen molar-refractivity contribution in [2.45, 2.75) is 26.8 Å². The van der Waals surface area contributed by atoms with Crippen molar-refractivity contribution in [3.63, 3.8) is 0 Å². The molecule has 2 aromatic rings. The fourth-order valence-electron chi connectivity index (χ4n) is 2.45. The predicted octanol–water partition coefficient (Wildman–Crippen LogP) is 2.67. The molecule has 0 fully saturated rings. The van der Waals surface area contributed by atoms with E-state index in [4.69, 9.17) is 0 Å². The number of Topliss-reactive ketones (excluding diaryl/α,β-unsaturated/α-hetero) is 1. The van der Waals surface area contributed by atoms with Gasteiger partial charge in [-0.1, -0.05) is 25.1 Å². The van der Waals surface area contributed by atoms with Crippen molar-refractivity contribution in [2.75, 3.05) is 6.54 Å². The molecule has 1 atom stereocenters. The summed E-state index contributed by atoms with van der Waals surface area (Å²) in [5.41, 5.74) is 2.99. The fourth-order valence-corrected chi connectivity index (χ4v) is 2.45. The number of likely N-dealkylation sites (N-methyl/N-ethyl adjacent to an activating group) is 1. The number of rotatable bonds is 4. The Morgan fingerprint density at radius 3 is 2.72 bits per heavy atom. The molecule has 1 aromatic carbocycles. The number of aryl methyl sites for hydroxylation is 1. The first-order valence-electron chi connectivity index (χ1n) is 6.39. The Hall–Kier alpha value is -1.61. The number of carbonyl (C=O) groups is 1. The minimum atomic E-state index is -0.139. The van der Waals surface area contributed by atoms with Crippen molar-refractivity contribution in [2.24, 2.45) is 7.05 Å². The summed E-state index contributed by atoms with van der Waals surface area (Å²) in [4.78, 5) is 12.5. The molecule has 0 aliphatic carbocycles. The van der Waals surface area contributed by atoms with Gasteiger partial charge in [0.05, 0.1) is 6.04 Å². The fraction of sp³-hybridized carbons (Fsp3) is 0.400. The Kier molecular flexibility index (Phi) is 3.53. The van der Waals surface area contributed by atoms with E-state index in [0.717, 1.165) is 28.7 Å². The third-order valence-electron chi connectivity index (χ3n) is 3.55. The second-order valence-electron chi connectivity index (χ2n) is 4.68. The van der Waals surface area contributed by atoms with Gasteiger partial charge in [0.25, 0.3) is 0 Å². The number of aromatic nitrogens is 1. The first kappa shape index (κ1) is 12.8. The number of hydrogen-bond donors (Lipinski definition) is 1. The predicted molar refractivity (Wildman–Crippen MR) is 75.1 cm³/mol. The van der Waals surface area contributed by atoms with Crippen LogP contribution in [0.15, 0.2) is 24.3 Å². The number of para-hydroxylation sites is 1. The highest BCUT2D eigenvalue weighted by Gasteiger charge is 2.21. The van der Waals surface area contributed by atoms with E-state index in [-0.39, 0.29) is 11.8 Å². The zero-order valence-electron chi connectivity index (χ0n) is 11.4. The third-order valence-corrected chi connectivity index (χ3v) is 3.55. The SMILES string of the molecule is CCNC(C)C(=O)c1c(C)n(C)c2ccccc12. The lowest BCUT2D eigenvalue weighted by atomic mass is 10.0. The summed E-state index contributed by atoms with van der Waals surface area (Å²) in [6.07, 6.45) is 0. The van der Waals surface area contributed by atoms with Crippen LogP contribution in [-0.4, -0.2) is 22.9 Å². The van der Waals surface area contributed by atoms with E-state index in [9.17, 15) is 4.79 Å². The molecule has 18 heavy (non-hydrogen) atoms. The van der Waals surface area contributed by atoms with E-state index in [1.54, 1.807) is 0 Å². The number of nitrogens with zero attached hydrogens (tertiary/aromatic N) is 1. The van der Waals surface area contributed by atoms with E-state index in [2.05, 4.69) is 16.0 Å². The lowest BCUT2D eigenvalue weighted by Gasteiger charge is -2.11. The first-order chi connectivity index (χ1) is 8.57. The van der Waals surface area contributed by atoms with E-state index in [1.165, 1.54) is 0 Å². The van der Waals surface area contributed by atoms with Crippen LogP contribution >= 0.6 is 0 Å². The van der Waals surface area contributed by atoms with Crippen molar-refractivity contribution in [1.82, 2.24) is 9.88 Å².